The van der Waals surface area contributed by atoms with Crippen molar-refractivity contribution in [1.29, 1.82) is 0 Å². The molecule has 4 heteroatoms. The van der Waals surface area contributed by atoms with Gasteiger partial charge in [-0.25, -0.2) is 4.39 Å². The highest BCUT2D eigenvalue weighted by Crippen LogP contribution is 2.29. The summed E-state index contributed by atoms with van der Waals surface area (Å²) in [6.45, 7) is 4.87. The molecule has 0 heterocycles. The molecule has 0 bridgehead atoms. The lowest BCUT2D eigenvalue weighted by Gasteiger charge is -2.26. The lowest BCUT2D eigenvalue weighted by Crippen LogP contribution is -2.36. The summed E-state index contributed by atoms with van der Waals surface area (Å²) in [6.07, 6.45) is 2.33. The summed E-state index contributed by atoms with van der Waals surface area (Å²) in [7, 11) is 0. The Bertz CT molecular complexity index is 688. The van der Waals surface area contributed by atoms with Crippen molar-refractivity contribution in [3.8, 4) is 0 Å². The highest BCUT2D eigenvalue weighted by atomic mass is 32.1. The van der Waals surface area contributed by atoms with Crippen LogP contribution in [0.5, 0.6) is 0 Å². The third-order valence-corrected chi connectivity index (χ3v) is 4.32. The first-order chi connectivity index (χ1) is 11.0. The summed E-state index contributed by atoms with van der Waals surface area (Å²) < 4.78 is 13.1. The van der Waals surface area contributed by atoms with Crippen molar-refractivity contribution in [3.63, 3.8) is 0 Å². The fourth-order valence-electron chi connectivity index (χ4n) is 2.78. The number of benzene rings is 2. The molecule has 2 aromatic carbocycles. The van der Waals surface area contributed by atoms with E-state index in [1.165, 1.54) is 23.3 Å². The molecule has 0 unspecified atom stereocenters. The van der Waals surface area contributed by atoms with E-state index < -0.39 is 0 Å². The molecule has 1 N–H and O–H groups in total. The Morgan fingerprint density at radius 2 is 1.74 bits per heavy atom. The van der Waals surface area contributed by atoms with Crippen molar-refractivity contribution < 1.29 is 4.39 Å². The van der Waals surface area contributed by atoms with Gasteiger partial charge in [0.05, 0.1) is 0 Å². The van der Waals surface area contributed by atoms with Gasteiger partial charge in [-0.05, 0) is 79.9 Å². The molecule has 1 aliphatic rings. The minimum absolute atomic E-state index is 0.206. The number of halogens is 1. The predicted octanol–water partition coefficient (Wildman–Crippen LogP) is 4.80. The number of hydrogen-bond acceptors (Lipinski definition) is 1. The average molecular weight is 328 g/mol. The molecule has 0 aliphatic heterocycles. The Balaban J connectivity index is 1.72. The molecule has 0 atom stereocenters. The van der Waals surface area contributed by atoms with Gasteiger partial charge in [0.15, 0.2) is 5.11 Å². The maximum atomic E-state index is 13.1. The van der Waals surface area contributed by atoms with Crippen LogP contribution >= 0.6 is 12.2 Å². The Kier molecular flexibility index (Phi) is 4.62. The quantitative estimate of drug-likeness (QED) is 0.811. The van der Waals surface area contributed by atoms with Gasteiger partial charge in [0, 0.05) is 18.3 Å². The van der Waals surface area contributed by atoms with E-state index in [4.69, 9.17) is 12.2 Å². The third-order valence-electron chi connectivity index (χ3n) is 3.99. The van der Waals surface area contributed by atoms with E-state index in [9.17, 15) is 4.39 Å². The lowest BCUT2D eigenvalue weighted by molar-refractivity contribution is 0.409. The highest BCUT2D eigenvalue weighted by molar-refractivity contribution is 7.80. The van der Waals surface area contributed by atoms with Crippen LogP contribution in [0, 0.1) is 19.7 Å². The summed E-state index contributed by atoms with van der Waals surface area (Å²) in [4.78, 5) is 2.21. The molecule has 2 nitrogen and oxygen atoms in total. The van der Waals surface area contributed by atoms with Gasteiger partial charge in [0.1, 0.15) is 5.82 Å². The summed E-state index contributed by atoms with van der Waals surface area (Å²) in [5.41, 5.74) is 4.53. The fraction of sp³-hybridized carbons (Fsp3) is 0.316. The van der Waals surface area contributed by atoms with E-state index in [0.717, 1.165) is 29.2 Å². The topological polar surface area (TPSA) is 15.3 Å². The minimum atomic E-state index is -0.206. The lowest BCUT2D eigenvalue weighted by atomic mass is 10.1. The van der Waals surface area contributed by atoms with Crippen LogP contribution < -0.4 is 5.32 Å². The molecule has 2 aromatic rings. The standard InChI is InChI=1S/C19H21FN2S/c1-13-9-14(2)11-17(10-13)21-19(23)22(18-7-8-18)12-15-3-5-16(20)6-4-15/h3-6,9-11,18H,7-8,12H2,1-2H3,(H,21,23). The first-order valence-electron chi connectivity index (χ1n) is 7.91. The predicted molar refractivity (Wildman–Crippen MR) is 97.1 cm³/mol. The number of anilines is 1. The Morgan fingerprint density at radius 3 is 2.30 bits per heavy atom. The van der Waals surface area contributed by atoms with Crippen molar-refractivity contribution in [3.05, 3.63) is 65.0 Å². The van der Waals surface area contributed by atoms with Crippen LogP contribution in [0.1, 0.15) is 29.5 Å². The summed E-state index contributed by atoms with van der Waals surface area (Å²) in [5, 5.41) is 4.10. The van der Waals surface area contributed by atoms with Crippen molar-refractivity contribution in [2.75, 3.05) is 5.32 Å². The Morgan fingerprint density at radius 1 is 1.13 bits per heavy atom. The number of rotatable bonds is 4. The molecule has 1 saturated carbocycles. The van der Waals surface area contributed by atoms with Crippen molar-refractivity contribution in [2.45, 2.75) is 39.3 Å². The van der Waals surface area contributed by atoms with Crippen LogP contribution in [-0.2, 0) is 6.54 Å². The van der Waals surface area contributed by atoms with Crippen molar-refractivity contribution >= 4 is 23.0 Å². The van der Waals surface area contributed by atoms with Crippen molar-refractivity contribution in [1.82, 2.24) is 4.90 Å². The van der Waals surface area contributed by atoms with E-state index in [-0.39, 0.29) is 5.82 Å². The third kappa shape index (κ3) is 4.29. The smallest absolute Gasteiger partial charge is 0.173 e. The van der Waals surface area contributed by atoms with Gasteiger partial charge in [-0.1, -0.05) is 18.2 Å². The van der Waals surface area contributed by atoms with Crippen LogP contribution in [0.4, 0.5) is 10.1 Å². The summed E-state index contributed by atoms with van der Waals surface area (Å²) in [5.74, 6) is -0.206. The molecule has 0 spiro atoms. The Hall–Kier alpha value is -1.94. The van der Waals surface area contributed by atoms with Gasteiger partial charge in [0.2, 0.25) is 0 Å². The average Bonchev–Trinajstić information content (AvgIpc) is 3.30. The summed E-state index contributed by atoms with van der Waals surface area (Å²) in [6, 6.07) is 13.5. The second-order valence-corrected chi connectivity index (χ2v) is 6.68. The van der Waals surface area contributed by atoms with E-state index in [0.29, 0.717) is 12.6 Å². The number of thiocarbonyl (C=S) groups is 1. The first-order valence-corrected chi connectivity index (χ1v) is 8.32. The van der Waals surface area contributed by atoms with Gasteiger partial charge >= 0.3 is 0 Å². The second-order valence-electron chi connectivity index (χ2n) is 6.29. The molecule has 23 heavy (non-hydrogen) atoms. The van der Waals surface area contributed by atoms with E-state index >= 15 is 0 Å². The molecule has 0 aromatic heterocycles. The molecular formula is C19H21FN2S. The molecule has 0 amide bonds. The van der Waals surface area contributed by atoms with Crippen LogP contribution in [0.15, 0.2) is 42.5 Å². The molecule has 0 radical (unpaired) electrons. The second kappa shape index (κ2) is 6.67. The van der Waals surface area contributed by atoms with Gasteiger partial charge in [-0.15, -0.1) is 0 Å². The van der Waals surface area contributed by atoms with Crippen LogP contribution in [-0.4, -0.2) is 16.1 Å². The normalized spacial score (nSPS) is 13.7. The van der Waals surface area contributed by atoms with E-state index in [1.54, 1.807) is 0 Å². The highest BCUT2D eigenvalue weighted by Gasteiger charge is 2.30. The maximum absolute atomic E-state index is 13.1. The number of nitrogens with one attached hydrogen (secondary N) is 1. The van der Waals surface area contributed by atoms with Crippen molar-refractivity contribution in [2.24, 2.45) is 0 Å². The molecular weight excluding hydrogens is 307 g/mol. The molecule has 1 fully saturated rings. The zero-order chi connectivity index (χ0) is 16.4. The van der Waals surface area contributed by atoms with Crippen LogP contribution in [0.2, 0.25) is 0 Å². The largest absolute Gasteiger partial charge is 0.342 e. The summed E-state index contributed by atoms with van der Waals surface area (Å²) >= 11 is 5.63. The first kappa shape index (κ1) is 15.9. The van der Waals surface area contributed by atoms with E-state index in [2.05, 4.69) is 42.3 Å². The maximum Gasteiger partial charge on any atom is 0.173 e. The van der Waals surface area contributed by atoms with Crippen LogP contribution in [0.3, 0.4) is 0 Å². The monoisotopic (exact) mass is 328 g/mol. The molecule has 0 saturated heterocycles. The van der Waals surface area contributed by atoms with Crippen LogP contribution in [0.25, 0.3) is 0 Å². The van der Waals surface area contributed by atoms with Gasteiger partial charge in [-0.2, -0.15) is 0 Å². The Labute approximate surface area is 142 Å². The number of aryl methyl sites for hydroxylation is 2. The van der Waals surface area contributed by atoms with Gasteiger partial charge < -0.3 is 10.2 Å². The molecule has 120 valence electrons. The van der Waals surface area contributed by atoms with Gasteiger partial charge in [-0.3, -0.25) is 0 Å². The number of nitrogens with zero attached hydrogens (tertiary/aromatic N) is 1. The zero-order valence-electron chi connectivity index (χ0n) is 13.5. The minimum Gasteiger partial charge on any atom is -0.342 e. The zero-order valence-corrected chi connectivity index (χ0v) is 14.3. The SMILES string of the molecule is Cc1cc(C)cc(NC(=S)N(Cc2ccc(F)cc2)C2CC2)c1. The van der Waals surface area contributed by atoms with E-state index in [1.807, 2.05) is 12.1 Å². The molecule has 3 rings (SSSR count). The van der Waals surface area contributed by atoms with Gasteiger partial charge in [0.25, 0.3) is 0 Å². The number of hydrogen-bond donors (Lipinski definition) is 1. The fourth-order valence-corrected chi connectivity index (χ4v) is 3.11. The molecule has 1 aliphatic carbocycles.